The van der Waals surface area contributed by atoms with Gasteiger partial charge in [-0.3, -0.25) is 9.59 Å². The lowest BCUT2D eigenvalue weighted by Crippen LogP contribution is -2.52. The van der Waals surface area contributed by atoms with Crippen LogP contribution in [0.5, 0.6) is 17.2 Å². The lowest BCUT2D eigenvalue weighted by atomic mass is 10.1. The van der Waals surface area contributed by atoms with E-state index in [-0.39, 0.29) is 23.8 Å². The summed E-state index contributed by atoms with van der Waals surface area (Å²) < 4.78 is 16.2. The van der Waals surface area contributed by atoms with E-state index < -0.39 is 6.04 Å². The van der Waals surface area contributed by atoms with Crippen molar-refractivity contribution in [2.24, 2.45) is 0 Å². The summed E-state index contributed by atoms with van der Waals surface area (Å²) in [6.07, 6.45) is 0.806. The summed E-state index contributed by atoms with van der Waals surface area (Å²) in [5.74, 6) is 1.89. The van der Waals surface area contributed by atoms with Crippen molar-refractivity contribution in [1.29, 1.82) is 0 Å². The topological polar surface area (TPSA) is 77.1 Å². The molecule has 0 aromatic heterocycles. The molecule has 2 rings (SSSR count). The number of methoxy groups -OCH3 is 2. The van der Waals surface area contributed by atoms with Crippen LogP contribution in [0, 0.1) is 0 Å². The third-order valence-corrected chi connectivity index (χ3v) is 5.02. The van der Waals surface area contributed by atoms with Crippen LogP contribution in [0.4, 0.5) is 0 Å². The second-order valence-electron chi connectivity index (χ2n) is 8.92. The Bertz CT molecular complexity index is 906. The fraction of sp³-hybridized carbons (Fsp3) is 0.462. The highest BCUT2D eigenvalue weighted by molar-refractivity contribution is 5.87. The number of benzene rings is 2. The summed E-state index contributed by atoms with van der Waals surface area (Å²) in [4.78, 5) is 27.6. The average Bonchev–Trinajstić information content (AvgIpc) is 2.79. The molecular weight excluding hydrogens is 420 g/mol. The third-order valence-electron chi connectivity index (χ3n) is 5.02. The zero-order chi connectivity index (χ0) is 24.4. The van der Waals surface area contributed by atoms with Gasteiger partial charge in [-0.1, -0.05) is 12.1 Å². The lowest BCUT2D eigenvalue weighted by Gasteiger charge is -2.31. The van der Waals surface area contributed by atoms with E-state index in [1.807, 2.05) is 69.3 Å². The number of carbonyl (C=O) groups excluding carboxylic acids is 2. The maximum Gasteiger partial charge on any atom is 0.242 e. The van der Waals surface area contributed by atoms with Gasteiger partial charge < -0.3 is 24.4 Å². The van der Waals surface area contributed by atoms with Gasteiger partial charge >= 0.3 is 0 Å². The first-order valence-corrected chi connectivity index (χ1v) is 11.1. The molecule has 0 aliphatic rings. The van der Waals surface area contributed by atoms with E-state index in [0.717, 1.165) is 17.1 Å². The number of nitrogens with zero attached hydrogens (tertiary/aromatic N) is 1. The molecule has 0 aliphatic heterocycles. The Morgan fingerprint density at radius 2 is 1.61 bits per heavy atom. The molecule has 2 amide bonds. The van der Waals surface area contributed by atoms with Crippen molar-refractivity contribution in [3.8, 4) is 17.2 Å². The van der Waals surface area contributed by atoms with Crippen molar-refractivity contribution in [1.82, 2.24) is 10.2 Å². The van der Waals surface area contributed by atoms with Gasteiger partial charge in [0.2, 0.25) is 11.8 Å². The number of amides is 2. The molecule has 33 heavy (non-hydrogen) atoms. The van der Waals surface area contributed by atoms with Gasteiger partial charge in [0, 0.05) is 18.5 Å². The Hall–Kier alpha value is -3.22. The Morgan fingerprint density at radius 1 is 0.970 bits per heavy atom. The van der Waals surface area contributed by atoms with Crippen LogP contribution in [-0.4, -0.2) is 49.1 Å². The van der Waals surface area contributed by atoms with Crippen LogP contribution in [0.15, 0.2) is 48.5 Å². The molecule has 1 atom stereocenters. The van der Waals surface area contributed by atoms with Crippen LogP contribution in [0.25, 0.3) is 0 Å². The van der Waals surface area contributed by atoms with E-state index in [1.54, 1.807) is 26.0 Å². The summed E-state index contributed by atoms with van der Waals surface area (Å²) in [5, 5.41) is 2.97. The maximum atomic E-state index is 13.2. The Balaban J connectivity index is 2.03. The van der Waals surface area contributed by atoms with Gasteiger partial charge in [-0.2, -0.15) is 0 Å². The van der Waals surface area contributed by atoms with Crippen molar-refractivity contribution < 1.29 is 23.8 Å². The number of nitrogens with one attached hydrogen (secondary N) is 1. The molecule has 0 unspecified atom stereocenters. The number of hydrogen-bond donors (Lipinski definition) is 1. The minimum Gasteiger partial charge on any atom is -0.497 e. The zero-order valence-electron chi connectivity index (χ0n) is 20.5. The summed E-state index contributed by atoms with van der Waals surface area (Å²) in [6.45, 7) is 8.22. The van der Waals surface area contributed by atoms with Gasteiger partial charge in [0.1, 0.15) is 23.3 Å². The molecular formula is C26H36N2O5. The van der Waals surface area contributed by atoms with Crippen LogP contribution in [0.1, 0.15) is 46.1 Å². The Labute approximate surface area is 197 Å². The van der Waals surface area contributed by atoms with Crippen molar-refractivity contribution in [2.45, 2.75) is 58.7 Å². The highest BCUT2D eigenvalue weighted by Gasteiger charge is 2.28. The van der Waals surface area contributed by atoms with E-state index in [4.69, 9.17) is 14.2 Å². The van der Waals surface area contributed by atoms with E-state index in [1.165, 1.54) is 0 Å². The van der Waals surface area contributed by atoms with Gasteiger partial charge in [-0.25, -0.2) is 0 Å². The first kappa shape index (κ1) is 26.0. The number of rotatable bonds is 11. The normalized spacial score (nSPS) is 11.9. The largest absolute Gasteiger partial charge is 0.497 e. The predicted octanol–water partition coefficient (Wildman–Crippen LogP) is 4.19. The third kappa shape index (κ3) is 8.67. The zero-order valence-corrected chi connectivity index (χ0v) is 20.5. The van der Waals surface area contributed by atoms with Crippen LogP contribution in [0.3, 0.4) is 0 Å². The smallest absolute Gasteiger partial charge is 0.242 e. The first-order chi connectivity index (χ1) is 15.6. The van der Waals surface area contributed by atoms with Crippen molar-refractivity contribution in [2.75, 3.05) is 20.8 Å². The van der Waals surface area contributed by atoms with Gasteiger partial charge in [-0.05, 0) is 76.1 Å². The minimum atomic E-state index is -0.620. The van der Waals surface area contributed by atoms with E-state index in [2.05, 4.69) is 5.32 Å². The van der Waals surface area contributed by atoms with Gasteiger partial charge in [0.05, 0.1) is 20.8 Å². The van der Waals surface area contributed by atoms with E-state index in [9.17, 15) is 9.59 Å². The van der Waals surface area contributed by atoms with Crippen molar-refractivity contribution in [3.63, 3.8) is 0 Å². The number of ether oxygens (including phenoxy) is 3. The molecule has 180 valence electrons. The summed E-state index contributed by atoms with van der Waals surface area (Å²) >= 11 is 0. The molecule has 0 bridgehead atoms. The molecule has 0 radical (unpaired) electrons. The molecule has 0 saturated heterocycles. The summed E-state index contributed by atoms with van der Waals surface area (Å²) in [7, 11) is 3.21. The minimum absolute atomic E-state index is 0.104. The molecule has 0 heterocycles. The monoisotopic (exact) mass is 456 g/mol. The molecule has 0 saturated carbocycles. The van der Waals surface area contributed by atoms with Crippen LogP contribution in [-0.2, 0) is 16.1 Å². The van der Waals surface area contributed by atoms with Crippen LogP contribution >= 0.6 is 0 Å². The molecule has 2 aromatic rings. The van der Waals surface area contributed by atoms with Crippen LogP contribution < -0.4 is 19.5 Å². The number of carbonyl (C=O) groups is 2. The second-order valence-corrected chi connectivity index (χ2v) is 8.92. The van der Waals surface area contributed by atoms with Crippen LogP contribution in [0.2, 0.25) is 0 Å². The molecule has 0 aliphatic carbocycles. The average molecular weight is 457 g/mol. The van der Waals surface area contributed by atoms with Gasteiger partial charge in [0.15, 0.2) is 0 Å². The lowest BCUT2D eigenvalue weighted by molar-refractivity contribution is -0.141. The van der Waals surface area contributed by atoms with Gasteiger partial charge in [0.25, 0.3) is 0 Å². The Kier molecular flexibility index (Phi) is 9.57. The molecule has 7 heteroatoms. The molecule has 0 fully saturated rings. The second kappa shape index (κ2) is 12.1. The molecule has 0 spiro atoms. The van der Waals surface area contributed by atoms with E-state index >= 15 is 0 Å². The highest BCUT2D eigenvalue weighted by Crippen LogP contribution is 2.19. The first-order valence-electron chi connectivity index (χ1n) is 11.1. The standard InChI is InChI=1S/C26H36N2O5/c1-19(25(30)27-26(2,3)4)28(18-20-9-7-10-23(17-20)32-6)24(29)11-8-16-33-22-14-12-21(31-5)13-15-22/h7,9-10,12-15,17,19H,8,11,16,18H2,1-6H3,(H,27,30)/t19-/m0/s1. The summed E-state index contributed by atoms with van der Waals surface area (Å²) in [5.41, 5.74) is 0.509. The molecule has 1 N–H and O–H groups in total. The fourth-order valence-corrected chi connectivity index (χ4v) is 3.25. The predicted molar refractivity (Wildman–Crippen MR) is 129 cm³/mol. The maximum absolute atomic E-state index is 13.2. The van der Waals surface area contributed by atoms with E-state index in [0.29, 0.717) is 25.3 Å². The van der Waals surface area contributed by atoms with Crippen molar-refractivity contribution >= 4 is 11.8 Å². The quantitative estimate of drug-likeness (QED) is 0.513. The number of hydrogen-bond acceptors (Lipinski definition) is 5. The Morgan fingerprint density at radius 3 is 2.21 bits per heavy atom. The van der Waals surface area contributed by atoms with Gasteiger partial charge in [-0.15, -0.1) is 0 Å². The molecule has 2 aromatic carbocycles. The fourth-order valence-electron chi connectivity index (χ4n) is 3.25. The SMILES string of the molecule is COc1ccc(OCCCC(=O)N(Cc2cccc(OC)c2)[C@@H](C)C(=O)NC(C)(C)C)cc1. The van der Waals surface area contributed by atoms with Crippen molar-refractivity contribution in [3.05, 3.63) is 54.1 Å². The highest BCUT2D eigenvalue weighted by atomic mass is 16.5. The molecule has 7 nitrogen and oxygen atoms in total. The summed E-state index contributed by atoms with van der Waals surface area (Å²) in [6, 6.07) is 14.2.